The number of nitrogens with one attached hydrogen (secondary N) is 1. The third kappa shape index (κ3) is 7.57. The van der Waals surface area contributed by atoms with Crippen LogP contribution in [0.4, 0.5) is 0 Å². The molecule has 0 aliphatic carbocycles. The van der Waals surface area contributed by atoms with E-state index in [-0.39, 0.29) is 25.5 Å². The van der Waals surface area contributed by atoms with E-state index in [1.165, 1.54) is 7.11 Å². The van der Waals surface area contributed by atoms with Crippen molar-refractivity contribution in [2.24, 2.45) is 11.5 Å². The number of hydrogen-bond donors (Lipinski definition) is 8. The van der Waals surface area contributed by atoms with Crippen molar-refractivity contribution < 1.29 is 68.3 Å². The summed E-state index contributed by atoms with van der Waals surface area (Å²) >= 11 is 0. The normalized spacial score (nSPS) is 25.8. The summed E-state index contributed by atoms with van der Waals surface area (Å²) in [5, 5.41) is 55.1. The molecule has 1 fully saturated rings. The second kappa shape index (κ2) is 16.8. The van der Waals surface area contributed by atoms with E-state index in [0.717, 1.165) is 22.0 Å². The fraction of sp³-hybridized carbons (Fsp3) is 0.378. The highest BCUT2D eigenvalue weighted by molar-refractivity contribution is 5.90. The van der Waals surface area contributed by atoms with Gasteiger partial charge in [0, 0.05) is 66.1 Å². The molecule has 18 heteroatoms. The number of carboxylic acid groups (broad SMARTS) is 1. The van der Waals surface area contributed by atoms with Crippen molar-refractivity contribution in [1.82, 2.24) is 9.55 Å². The molecular formula is C45H46N4O14. The molecule has 1 saturated heterocycles. The highest BCUT2D eigenvalue weighted by Gasteiger charge is 2.60. The Bertz CT molecular complexity index is 2570. The van der Waals surface area contributed by atoms with Crippen LogP contribution in [0, 0.1) is 11.8 Å². The van der Waals surface area contributed by atoms with Gasteiger partial charge in [0.15, 0.2) is 17.6 Å². The minimum atomic E-state index is -2.47. The van der Waals surface area contributed by atoms with Gasteiger partial charge in [-0.15, -0.1) is 0 Å². The van der Waals surface area contributed by atoms with E-state index >= 15 is 0 Å². The number of carbonyl (C=O) groups excluding carboxylic acids is 1. The Morgan fingerprint density at radius 2 is 1.87 bits per heavy atom. The van der Waals surface area contributed by atoms with Crippen molar-refractivity contribution >= 4 is 22.8 Å². The number of hydrogen-bond acceptors (Lipinski definition) is 15. The van der Waals surface area contributed by atoms with Crippen LogP contribution in [0.1, 0.15) is 52.7 Å². The molecule has 2 aromatic heterocycles. The predicted molar refractivity (Wildman–Crippen MR) is 220 cm³/mol. The van der Waals surface area contributed by atoms with Crippen LogP contribution in [0.15, 0.2) is 73.2 Å². The zero-order valence-electron chi connectivity index (χ0n) is 33.9. The van der Waals surface area contributed by atoms with Crippen LogP contribution in [0.5, 0.6) is 28.7 Å². The van der Waals surface area contributed by atoms with E-state index < -0.39 is 85.4 Å². The van der Waals surface area contributed by atoms with E-state index in [1.54, 1.807) is 12.1 Å². The maximum atomic E-state index is 12.6. The van der Waals surface area contributed by atoms with Gasteiger partial charge in [-0.3, -0.25) is 9.59 Å². The summed E-state index contributed by atoms with van der Waals surface area (Å²) in [6, 6.07) is 17.1. The first-order chi connectivity index (χ1) is 30.4. The number of esters is 1. The van der Waals surface area contributed by atoms with Crippen LogP contribution in [-0.2, 0) is 32.0 Å². The number of aliphatic hydroxyl groups is 4. The molecule has 9 atom stereocenters. The molecule has 7 heterocycles. The van der Waals surface area contributed by atoms with Gasteiger partial charge in [0.2, 0.25) is 12.0 Å². The fourth-order valence-corrected chi connectivity index (χ4v) is 9.10. The summed E-state index contributed by atoms with van der Waals surface area (Å²) in [5.74, 6) is 4.61. The first-order valence-corrected chi connectivity index (χ1v) is 20.3. The van der Waals surface area contributed by atoms with Gasteiger partial charge in [0.1, 0.15) is 60.6 Å². The van der Waals surface area contributed by atoms with Gasteiger partial charge in [0.25, 0.3) is 0 Å². The summed E-state index contributed by atoms with van der Waals surface area (Å²) in [5.41, 5.74) is 13.8. The Labute approximate surface area is 359 Å². The molecule has 0 spiro atoms. The molecule has 0 amide bonds. The van der Waals surface area contributed by atoms with Gasteiger partial charge in [0.05, 0.1) is 36.9 Å². The molecule has 2 bridgehead atoms. The number of benzene rings is 3. The largest absolute Gasteiger partial charge is 0.493 e. The summed E-state index contributed by atoms with van der Waals surface area (Å²) in [4.78, 5) is 27.1. The average molecular weight is 867 g/mol. The number of nitrogens with two attached hydrogens (primary N) is 2. The SMILES string of the molecule is COc1ccc2c(c1OCCO)OC1c3c(cc4c(c3Cn3cc5cc[nH]c5c3)C#CCC3(O)C(O)C(O)C(O4)OC3C(OC(=O)CC(=O)O)C(N)N)OC(Cc3ccccc3)C21. The number of rotatable bonds is 13. The van der Waals surface area contributed by atoms with Crippen molar-refractivity contribution in [1.29, 1.82) is 0 Å². The Morgan fingerprint density at radius 1 is 1.06 bits per heavy atom. The van der Waals surface area contributed by atoms with Crippen molar-refractivity contribution in [3.05, 3.63) is 101 Å². The highest BCUT2D eigenvalue weighted by atomic mass is 16.7. The molecule has 10 N–H and O–H groups in total. The number of methoxy groups -OCH3 is 1. The molecule has 5 aromatic rings. The smallest absolute Gasteiger partial charge is 0.317 e. The number of ether oxygens (including phenoxy) is 7. The van der Waals surface area contributed by atoms with E-state index in [2.05, 4.69) is 16.8 Å². The van der Waals surface area contributed by atoms with Crippen LogP contribution in [0.25, 0.3) is 10.9 Å². The molecular weight excluding hydrogens is 821 g/mol. The molecule has 9 unspecified atom stereocenters. The number of carbonyl (C=O) groups is 2. The van der Waals surface area contributed by atoms with Gasteiger partial charge >= 0.3 is 11.9 Å². The third-order valence-corrected chi connectivity index (χ3v) is 11.9. The standard InChI is InChI=1S/C45H46N4O14/c1-57-28-10-9-25-34-30(16-22-6-3-2-4-7-22)59-31-17-29-24(26(20-49-19-23-11-13-48-27(23)21-49)35(31)39(34)62-37(25)38(28)58-15-14-50)8-5-12-45(56)41(55)36(54)44(60-29)63-42(45)40(43(46)47)61-33(53)18-32(51)52/h2-4,6-7,9-11,13,17,19,21,30,34,36,39-44,48,50,54-56H,12,14-16,18,20,46-47H2,1H3,(H,51,52). The predicted octanol–water partition coefficient (Wildman–Crippen LogP) is 1.56. The Hall–Kier alpha value is -6.30. The first-order valence-electron chi connectivity index (χ1n) is 20.3. The summed E-state index contributed by atoms with van der Waals surface area (Å²) in [6.45, 7) is -0.0612. The average Bonchev–Trinajstić information content (AvgIpc) is 3.97. The van der Waals surface area contributed by atoms with E-state index in [4.69, 9.17) is 44.6 Å². The Morgan fingerprint density at radius 3 is 2.60 bits per heavy atom. The van der Waals surface area contributed by atoms with Crippen molar-refractivity contribution in [3.8, 4) is 40.6 Å². The number of aromatic nitrogens is 2. The van der Waals surface area contributed by atoms with Crippen LogP contribution >= 0.6 is 0 Å². The molecule has 63 heavy (non-hydrogen) atoms. The van der Waals surface area contributed by atoms with Crippen LogP contribution in [-0.4, -0.2) is 116 Å². The highest BCUT2D eigenvalue weighted by Crippen LogP contribution is 2.60. The maximum Gasteiger partial charge on any atom is 0.317 e. The number of aliphatic carboxylic acids is 1. The lowest BCUT2D eigenvalue weighted by Gasteiger charge is -2.50. The monoisotopic (exact) mass is 866 g/mol. The Balaban J connectivity index is 1.22. The number of aliphatic hydroxyl groups excluding tert-OH is 3. The molecule has 330 valence electrons. The van der Waals surface area contributed by atoms with Gasteiger partial charge in [-0.25, -0.2) is 0 Å². The van der Waals surface area contributed by atoms with Crippen molar-refractivity contribution in [2.75, 3.05) is 20.3 Å². The topological polar surface area (TPSA) is 273 Å². The number of aromatic amines is 1. The molecule has 10 rings (SSSR count). The van der Waals surface area contributed by atoms with E-state index in [0.29, 0.717) is 46.1 Å². The van der Waals surface area contributed by atoms with Gasteiger partial charge in [-0.1, -0.05) is 48.2 Å². The minimum Gasteiger partial charge on any atom is -0.493 e. The fourth-order valence-electron chi connectivity index (χ4n) is 9.10. The van der Waals surface area contributed by atoms with Crippen LogP contribution < -0.4 is 35.2 Å². The summed E-state index contributed by atoms with van der Waals surface area (Å²) in [7, 11) is 1.52. The first kappa shape index (κ1) is 42.0. The molecule has 5 aliphatic rings. The summed E-state index contributed by atoms with van der Waals surface area (Å²) in [6.07, 6.45) is -7.35. The second-order valence-electron chi connectivity index (χ2n) is 16.0. The van der Waals surface area contributed by atoms with Gasteiger partial charge in [-0.05, 0) is 17.7 Å². The zero-order chi connectivity index (χ0) is 44.2. The number of nitrogens with zero attached hydrogens (tertiary/aromatic N) is 1. The maximum absolute atomic E-state index is 12.6. The lowest BCUT2D eigenvalue weighted by Crippen LogP contribution is -2.72. The zero-order valence-corrected chi connectivity index (χ0v) is 33.9. The lowest BCUT2D eigenvalue weighted by atomic mass is 9.78. The van der Waals surface area contributed by atoms with Crippen molar-refractivity contribution in [2.45, 2.75) is 86.4 Å². The van der Waals surface area contributed by atoms with E-state index in [1.807, 2.05) is 65.6 Å². The number of carboxylic acids is 1. The molecule has 0 radical (unpaired) electrons. The second-order valence-corrected chi connectivity index (χ2v) is 16.0. The molecule has 5 aliphatic heterocycles. The summed E-state index contributed by atoms with van der Waals surface area (Å²) < 4.78 is 45.7. The minimum absolute atomic E-state index is 0.0157. The quantitative estimate of drug-likeness (QED) is 0.0361. The number of H-pyrrole nitrogens is 1. The number of fused-ring (bicyclic) bond motifs is 9. The van der Waals surface area contributed by atoms with Crippen LogP contribution in [0.3, 0.4) is 0 Å². The van der Waals surface area contributed by atoms with Crippen LogP contribution in [0.2, 0.25) is 0 Å². The molecule has 18 nitrogen and oxygen atoms in total. The third-order valence-electron chi connectivity index (χ3n) is 11.9. The molecule has 0 saturated carbocycles. The Kier molecular flexibility index (Phi) is 11.2. The lowest BCUT2D eigenvalue weighted by molar-refractivity contribution is -0.324. The van der Waals surface area contributed by atoms with Crippen molar-refractivity contribution in [3.63, 3.8) is 0 Å². The van der Waals surface area contributed by atoms with Gasteiger partial charge in [-0.2, -0.15) is 0 Å². The molecule has 3 aromatic carbocycles. The van der Waals surface area contributed by atoms with Gasteiger partial charge < -0.3 is 79.7 Å². The van der Waals surface area contributed by atoms with E-state index in [9.17, 15) is 35.1 Å².